The highest BCUT2D eigenvalue weighted by Crippen LogP contribution is 2.19. The van der Waals surface area contributed by atoms with E-state index in [0.29, 0.717) is 0 Å². The van der Waals surface area contributed by atoms with Crippen molar-refractivity contribution >= 4 is 52.3 Å². The molecular formula is C40H54N8O7. The highest BCUT2D eigenvalue weighted by atomic mass is 16.2. The third-order valence-electron chi connectivity index (χ3n) is 9.54. The zero-order valence-corrected chi connectivity index (χ0v) is 32.3. The molecule has 1 aliphatic heterocycles. The molecule has 0 aliphatic carbocycles. The summed E-state index contributed by atoms with van der Waals surface area (Å²) in [5.41, 5.74) is 2.39. The van der Waals surface area contributed by atoms with Crippen molar-refractivity contribution in [3.8, 4) is 0 Å². The number of amides is 7. The smallest absolute Gasteiger partial charge is 0.243 e. The quantitative estimate of drug-likeness (QED) is 0.183. The zero-order chi connectivity index (χ0) is 40.2. The molecule has 8 N–H and O–H groups in total. The summed E-state index contributed by atoms with van der Waals surface area (Å²) in [5.74, 6) is -4.87. The third kappa shape index (κ3) is 11.9. The van der Waals surface area contributed by atoms with Gasteiger partial charge in [-0.1, -0.05) is 76.2 Å². The van der Waals surface area contributed by atoms with Crippen LogP contribution in [-0.2, 0) is 46.4 Å². The van der Waals surface area contributed by atoms with Crippen molar-refractivity contribution in [1.82, 2.24) is 42.2 Å². The number of aromatic amines is 1. The van der Waals surface area contributed by atoms with E-state index in [0.717, 1.165) is 22.0 Å². The van der Waals surface area contributed by atoms with E-state index in [9.17, 15) is 33.6 Å². The first kappa shape index (κ1) is 42.0. The van der Waals surface area contributed by atoms with Gasteiger partial charge in [-0.2, -0.15) is 0 Å². The second kappa shape index (κ2) is 19.6. The minimum absolute atomic E-state index is 0.0121. The number of H-pyrrole nitrogens is 1. The van der Waals surface area contributed by atoms with Gasteiger partial charge in [0.1, 0.15) is 36.3 Å². The Kier molecular flexibility index (Phi) is 14.9. The first-order chi connectivity index (χ1) is 26.1. The Morgan fingerprint density at radius 1 is 0.582 bits per heavy atom. The Morgan fingerprint density at radius 2 is 1.13 bits per heavy atom. The summed E-state index contributed by atoms with van der Waals surface area (Å²) in [4.78, 5) is 97.6. The van der Waals surface area contributed by atoms with Gasteiger partial charge in [0.25, 0.3) is 0 Å². The van der Waals surface area contributed by atoms with Crippen molar-refractivity contribution in [2.45, 2.75) is 103 Å². The van der Waals surface area contributed by atoms with Gasteiger partial charge in [0.05, 0.1) is 0 Å². The Morgan fingerprint density at radius 3 is 1.80 bits per heavy atom. The van der Waals surface area contributed by atoms with Gasteiger partial charge in [-0.25, -0.2) is 0 Å². The number of fused-ring (bicyclic) bond motifs is 1. The van der Waals surface area contributed by atoms with Gasteiger partial charge >= 0.3 is 0 Å². The van der Waals surface area contributed by atoms with E-state index in [1.807, 2.05) is 30.3 Å². The van der Waals surface area contributed by atoms with Crippen molar-refractivity contribution < 1.29 is 33.6 Å². The molecule has 0 spiro atoms. The lowest BCUT2D eigenvalue weighted by atomic mass is 9.99. The maximum absolute atomic E-state index is 13.9. The highest BCUT2D eigenvalue weighted by molar-refractivity contribution is 5.97. The van der Waals surface area contributed by atoms with Crippen LogP contribution in [0, 0.1) is 11.8 Å². The van der Waals surface area contributed by atoms with E-state index in [1.54, 1.807) is 58.2 Å². The summed E-state index contributed by atoms with van der Waals surface area (Å²) >= 11 is 0. The lowest BCUT2D eigenvalue weighted by molar-refractivity contribution is -0.136. The van der Waals surface area contributed by atoms with Crippen LogP contribution in [0.1, 0.15) is 65.5 Å². The normalized spacial score (nSPS) is 24.6. The molecule has 1 aliphatic rings. The van der Waals surface area contributed by atoms with Crippen LogP contribution in [0.4, 0.5) is 0 Å². The fourth-order valence-electron chi connectivity index (χ4n) is 6.28. The zero-order valence-electron chi connectivity index (χ0n) is 32.3. The minimum atomic E-state index is -1.15. The molecule has 1 aromatic heterocycles. The van der Waals surface area contributed by atoms with E-state index in [1.165, 1.54) is 13.8 Å². The van der Waals surface area contributed by atoms with Crippen molar-refractivity contribution in [3.63, 3.8) is 0 Å². The first-order valence-electron chi connectivity index (χ1n) is 18.8. The molecule has 15 heteroatoms. The summed E-state index contributed by atoms with van der Waals surface area (Å²) in [6.45, 7) is 10.0. The van der Waals surface area contributed by atoms with Crippen LogP contribution < -0.4 is 37.2 Å². The van der Waals surface area contributed by atoms with Gasteiger partial charge in [0.15, 0.2) is 0 Å². The van der Waals surface area contributed by atoms with E-state index < -0.39 is 89.4 Å². The Balaban J connectivity index is 1.63. The van der Waals surface area contributed by atoms with Crippen LogP contribution in [0.2, 0.25) is 0 Å². The van der Waals surface area contributed by atoms with Crippen molar-refractivity contribution in [2.75, 3.05) is 6.54 Å². The molecule has 4 rings (SSSR count). The standard InChI is InChI=1S/C40H54N8O7/c1-22(2)33-39(54)44-25(6)35(50)45-31(20-27-21-42-29-16-11-10-15-28(27)29)37(52)41-18-12-17-32(49)43-24(5)36(51)47-34(23(3)4)40(55)46-30(38(53)48-33)19-26-13-8-7-9-14-26/h7-11,13-16,21-25,30-31,33-34,42H,12,17-20H2,1-6H3,(H,41,52)(H,43,49)(H,44,54)(H,45,50)(H,46,55)(H,47,51)(H,48,53)/t24-,25-,30+,31+,33?,34?/m1/s1. The lowest BCUT2D eigenvalue weighted by Gasteiger charge is -2.29. The summed E-state index contributed by atoms with van der Waals surface area (Å²) in [6, 6.07) is 10.1. The van der Waals surface area contributed by atoms with E-state index in [4.69, 9.17) is 0 Å². The number of carbonyl (C=O) groups is 7. The lowest BCUT2D eigenvalue weighted by Crippen LogP contribution is -2.61. The number of para-hydroxylation sites is 1. The number of nitrogens with one attached hydrogen (secondary N) is 8. The van der Waals surface area contributed by atoms with Gasteiger partial charge < -0.3 is 42.2 Å². The van der Waals surface area contributed by atoms with E-state index >= 15 is 0 Å². The topological polar surface area (TPSA) is 219 Å². The predicted octanol–water partition coefficient (Wildman–Crippen LogP) is 1.12. The highest BCUT2D eigenvalue weighted by Gasteiger charge is 2.34. The van der Waals surface area contributed by atoms with Gasteiger partial charge in [0.2, 0.25) is 41.4 Å². The Bertz CT molecular complexity index is 1840. The number of rotatable bonds is 6. The number of carbonyl (C=O) groups excluding carboxylic acids is 7. The van der Waals surface area contributed by atoms with E-state index in [2.05, 4.69) is 42.2 Å². The van der Waals surface area contributed by atoms with Crippen LogP contribution in [0.5, 0.6) is 0 Å². The summed E-state index contributed by atoms with van der Waals surface area (Å²) in [7, 11) is 0. The molecule has 0 radical (unpaired) electrons. The molecule has 7 amide bonds. The Labute approximate surface area is 321 Å². The fraction of sp³-hybridized carbons (Fsp3) is 0.475. The molecule has 15 nitrogen and oxygen atoms in total. The number of hydrogen-bond donors (Lipinski definition) is 8. The largest absolute Gasteiger partial charge is 0.361 e. The maximum Gasteiger partial charge on any atom is 0.243 e. The van der Waals surface area contributed by atoms with Gasteiger partial charge in [0, 0.05) is 42.9 Å². The molecule has 1 fully saturated rings. The van der Waals surface area contributed by atoms with Crippen LogP contribution >= 0.6 is 0 Å². The second-order valence-electron chi connectivity index (χ2n) is 14.8. The van der Waals surface area contributed by atoms with Crippen LogP contribution in [0.15, 0.2) is 60.8 Å². The SMILES string of the molecule is CC(C)C1NC(=O)[C@H](Cc2ccccc2)NC(=O)C(C(C)C)NC(=O)[C@@H](C)NC(=O)CCCNC(=O)[C@H](Cc2c[nH]c3ccccc23)NC(=O)[C@@H](C)NC1=O. The van der Waals surface area contributed by atoms with Crippen LogP contribution in [-0.4, -0.2) is 89.1 Å². The summed E-state index contributed by atoms with van der Waals surface area (Å²) < 4.78 is 0. The molecular weight excluding hydrogens is 704 g/mol. The van der Waals surface area contributed by atoms with Crippen LogP contribution in [0.25, 0.3) is 10.9 Å². The number of hydrogen-bond acceptors (Lipinski definition) is 7. The fourth-order valence-corrected chi connectivity index (χ4v) is 6.28. The average molecular weight is 759 g/mol. The average Bonchev–Trinajstić information content (AvgIpc) is 3.55. The summed E-state index contributed by atoms with van der Waals surface area (Å²) in [6.07, 6.45) is 2.21. The predicted molar refractivity (Wildman–Crippen MR) is 207 cm³/mol. The Hall–Kier alpha value is -5.73. The molecule has 1 saturated heterocycles. The first-order valence-corrected chi connectivity index (χ1v) is 18.8. The van der Waals surface area contributed by atoms with Crippen molar-refractivity contribution in [1.29, 1.82) is 0 Å². The van der Waals surface area contributed by atoms with E-state index in [-0.39, 0.29) is 32.2 Å². The molecule has 0 saturated carbocycles. The number of benzene rings is 2. The molecule has 2 unspecified atom stereocenters. The summed E-state index contributed by atoms with van der Waals surface area (Å²) in [5, 5.41) is 20.0. The van der Waals surface area contributed by atoms with Gasteiger partial charge in [-0.05, 0) is 49.3 Å². The molecule has 0 bridgehead atoms. The second-order valence-corrected chi connectivity index (χ2v) is 14.8. The molecule has 6 atom stereocenters. The maximum atomic E-state index is 13.9. The van der Waals surface area contributed by atoms with Gasteiger partial charge in [-0.15, -0.1) is 0 Å². The molecule has 2 heterocycles. The number of aromatic nitrogens is 1. The minimum Gasteiger partial charge on any atom is -0.361 e. The van der Waals surface area contributed by atoms with Crippen LogP contribution in [0.3, 0.4) is 0 Å². The molecule has 3 aromatic rings. The van der Waals surface area contributed by atoms with Crippen molar-refractivity contribution in [2.24, 2.45) is 11.8 Å². The monoisotopic (exact) mass is 758 g/mol. The van der Waals surface area contributed by atoms with Gasteiger partial charge in [-0.3, -0.25) is 33.6 Å². The molecule has 296 valence electrons. The molecule has 55 heavy (non-hydrogen) atoms. The third-order valence-corrected chi connectivity index (χ3v) is 9.54. The van der Waals surface area contributed by atoms with Crippen molar-refractivity contribution in [3.05, 3.63) is 71.9 Å². The molecule has 2 aromatic carbocycles.